The van der Waals surface area contributed by atoms with Gasteiger partial charge in [-0.25, -0.2) is 13.8 Å². The molecule has 0 aliphatic rings. The quantitative estimate of drug-likeness (QED) is 0.656. The fourth-order valence-corrected chi connectivity index (χ4v) is 2.95. The Bertz CT molecular complexity index is 995. The zero-order valence-corrected chi connectivity index (χ0v) is 15.2. The minimum atomic E-state index is -0.929. The molecule has 7 heteroatoms. The third-order valence-electron chi connectivity index (χ3n) is 3.78. The highest BCUT2D eigenvalue weighted by molar-refractivity contribution is 9.09. The maximum Gasteiger partial charge on any atom is 0.262 e. The van der Waals surface area contributed by atoms with Crippen molar-refractivity contribution in [2.75, 3.05) is 11.9 Å². The summed E-state index contributed by atoms with van der Waals surface area (Å²) in [6.45, 7) is 4.31. The Morgan fingerprint density at radius 2 is 1.84 bits per heavy atom. The molecule has 2 aromatic carbocycles. The second-order valence-electron chi connectivity index (χ2n) is 5.67. The normalized spacial score (nSPS) is 11.1. The predicted octanol–water partition coefficient (Wildman–Crippen LogP) is 4.26. The monoisotopic (exact) mass is 408 g/mol. The molecule has 1 aromatic heterocycles. The molecule has 0 fully saturated rings. The van der Waals surface area contributed by atoms with Gasteiger partial charge in [0.25, 0.3) is 5.56 Å². The van der Waals surface area contributed by atoms with E-state index in [1.165, 1.54) is 0 Å². The molecular weight excluding hydrogens is 394 g/mol. The van der Waals surface area contributed by atoms with Crippen molar-refractivity contribution in [2.24, 2.45) is 0 Å². The summed E-state index contributed by atoms with van der Waals surface area (Å²) in [4.78, 5) is 19.0. The number of hydrogen-bond donors (Lipinski definition) is 1. The molecule has 0 bridgehead atoms. The van der Waals surface area contributed by atoms with Crippen LogP contribution in [-0.4, -0.2) is 21.9 Å². The lowest BCUT2D eigenvalue weighted by molar-refractivity contribution is 0.340. The molecule has 0 spiro atoms. The second kappa shape index (κ2) is 6.92. The van der Waals surface area contributed by atoms with Gasteiger partial charge in [-0.15, -0.1) is 0 Å². The summed E-state index contributed by atoms with van der Waals surface area (Å²) in [7, 11) is 0. The Morgan fingerprint density at radius 1 is 1.16 bits per heavy atom. The number of halogens is 3. The summed E-state index contributed by atoms with van der Waals surface area (Å²) in [6.07, 6.45) is 0. The van der Waals surface area contributed by atoms with Gasteiger partial charge in [-0.2, -0.15) is 0 Å². The number of nitrogens with zero attached hydrogens (tertiary/aromatic N) is 1. The predicted molar refractivity (Wildman–Crippen MR) is 96.5 cm³/mol. The molecule has 0 aliphatic heterocycles. The average molecular weight is 409 g/mol. The van der Waals surface area contributed by atoms with Crippen LogP contribution in [0.2, 0.25) is 0 Å². The van der Waals surface area contributed by atoms with Crippen LogP contribution in [0, 0.1) is 25.5 Å². The molecule has 0 aliphatic carbocycles. The molecule has 3 rings (SSSR count). The minimum Gasteiger partial charge on any atom is -0.492 e. The van der Waals surface area contributed by atoms with E-state index in [9.17, 15) is 13.6 Å². The molecule has 4 nitrogen and oxygen atoms in total. The van der Waals surface area contributed by atoms with Crippen molar-refractivity contribution in [2.45, 2.75) is 13.8 Å². The van der Waals surface area contributed by atoms with Crippen LogP contribution >= 0.6 is 15.9 Å². The van der Waals surface area contributed by atoms with E-state index in [2.05, 4.69) is 25.9 Å². The number of alkyl halides is 1. The van der Waals surface area contributed by atoms with E-state index in [1.807, 2.05) is 26.0 Å². The summed E-state index contributed by atoms with van der Waals surface area (Å²) < 4.78 is 33.0. The molecule has 0 unspecified atom stereocenters. The van der Waals surface area contributed by atoms with Crippen molar-refractivity contribution < 1.29 is 13.5 Å². The molecule has 3 aromatic rings. The lowest BCUT2D eigenvalue weighted by atomic mass is 10.0. The zero-order valence-electron chi connectivity index (χ0n) is 13.6. The van der Waals surface area contributed by atoms with E-state index < -0.39 is 17.2 Å². The van der Waals surface area contributed by atoms with Gasteiger partial charge >= 0.3 is 0 Å². The standard InChI is InChI=1S/C18H15BrF2N2O2/c1-9-5-11(6-10(2)16(9)25-4-3-19)17-22-14-8-12(20)7-13(21)15(14)18(24)23-17/h5-8H,3-4H2,1-2H3,(H,22,23,24). The van der Waals surface area contributed by atoms with Crippen LogP contribution in [0.25, 0.3) is 22.3 Å². The first kappa shape index (κ1) is 17.5. The number of aromatic amines is 1. The topological polar surface area (TPSA) is 55.0 Å². The summed E-state index contributed by atoms with van der Waals surface area (Å²) >= 11 is 3.31. The van der Waals surface area contributed by atoms with E-state index in [4.69, 9.17) is 4.74 Å². The van der Waals surface area contributed by atoms with E-state index >= 15 is 0 Å². The largest absolute Gasteiger partial charge is 0.492 e. The van der Waals surface area contributed by atoms with Crippen molar-refractivity contribution in [3.05, 3.63) is 57.4 Å². The first-order chi connectivity index (χ1) is 11.9. The molecule has 0 saturated carbocycles. The Kier molecular flexibility index (Phi) is 4.85. The van der Waals surface area contributed by atoms with E-state index in [0.717, 1.165) is 22.9 Å². The van der Waals surface area contributed by atoms with Crippen LogP contribution in [0.4, 0.5) is 8.78 Å². The fourth-order valence-electron chi connectivity index (χ4n) is 2.78. The number of rotatable bonds is 4. The van der Waals surface area contributed by atoms with Crippen LogP contribution in [0.5, 0.6) is 5.75 Å². The average Bonchev–Trinajstić information content (AvgIpc) is 2.52. The van der Waals surface area contributed by atoms with Crippen LogP contribution in [0.3, 0.4) is 0 Å². The van der Waals surface area contributed by atoms with E-state index in [1.54, 1.807) is 0 Å². The molecule has 0 atom stereocenters. The number of ether oxygens (including phenoxy) is 1. The summed E-state index contributed by atoms with van der Waals surface area (Å²) in [5.41, 5.74) is 1.73. The van der Waals surface area contributed by atoms with Gasteiger partial charge < -0.3 is 9.72 Å². The molecular formula is C18H15BrF2N2O2. The van der Waals surface area contributed by atoms with Crippen LogP contribution in [0.15, 0.2) is 29.1 Å². The number of nitrogens with one attached hydrogen (secondary N) is 1. The number of fused-ring (bicyclic) bond motifs is 1. The Balaban J connectivity index is 2.15. The number of hydrogen-bond acceptors (Lipinski definition) is 3. The Labute approximate surface area is 151 Å². The van der Waals surface area contributed by atoms with Gasteiger partial charge in [0.15, 0.2) is 0 Å². The number of benzene rings is 2. The minimum absolute atomic E-state index is 0.0221. The van der Waals surface area contributed by atoms with Gasteiger partial charge in [0.05, 0.1) is 12.1 Å². The smallest absolute Gasteiger partial charge is 0.262 e. The third-order valence-corrected chi connectivity index (χ3v) is 4.11. The first-order valence-electron chi connectivity index (χ1n) is 7.60. The molecule has 25 heavy (non-hydrogen) atoms. The molecule has 130 valence electrons. The SMILES string of the molecule is Cc1cc(-c2nc3cc(F)cc(F)c3c(=O)[nH]2)cc(C)c1OCCBr. The van der Waals surface area contributed by atoms with Crippen molar-refractivity contribution in [1.29, 1.82) is 0 Å². The van der Waals surface area contributed by atoms with E-state index in [0.29, 0.717) is 23.6 Å². The molecule has 0 amide bonds. The number of aryl methyl sites for hydroxylation is 2. The number of aromatic nitrogens is 2. The van der Waals surface area contributed by atoms with Gasteiger partial charge in [-0.1, -0.05) is 15.9 Å². The third kappa shape index (κ3) is 3.42. The summed E-state index contributed by atoms with van der Waals surface area (Å²) in [5.74, 6) is -0.690. The zero-order chi connectivity index (χ0) is 18.1. The van der Waals surface area contributed by atoms with Crippen LogP contribution in [0.1, 0.15) is 11.1 Å². The summed E-state index contributed by atoms with van der Waals surface area (Å²) in [5, 5.41) is 0.459. The molecule has 1 N–H and O–H groups in total. The second-order valence-corrected chi connectivity index (χ2v) is 6.47. The maximum atomic E-state index is 13.8. The van der Waals surface area contributed by atoms with Crippen LogP contribution in [-0.2, 0) is 0 Å². The Morgan fingerprint density at radius 3 is 2.48 bits per heavy atom. The fraction of sp³-hybridized carbons (Fsp3) is 0.222. The van der Waals surface area contributed by atoms with Gasteiger partial charge in [-0.05, 0) is 37.1 Å². The van der Waals surface area contributed by atoms with Gasteiger partial charge in [0.2, 0.25) is 0 Å². The van der Waals surface area contributed by atoms with Crippen molar-refractivity contribution >= 4 is 26.8 Å². The van der Waals surface area contributed by atoms with Crippen molar-refractivity contribution in [3.63, 3.8) is 0 Å². The van der Waals surface area contributed by atoms with Crippen molar-refractivity contribution in [3.8, 4) is 17.1 Å². The Hall–Kier alpha value is -2.28. The maximum absolute atomic E-state index is 13.8. The molecule has 0 saturated heterocycles. The van der Waals surface area contributed by atoms with Gasteiger partial charge in [0.1, 0.15) is 28.6 Å². The molecule has 1 heterocycles. The van der Waals surface area contributed by atoms with Gasteiger partial charge in [0, 0.05) is 23.0 Å². The highest BCUT2D eigenvalue weighted by Crippen LogP contribution is 2.29. The summed E-state index contributed by atoms with van der Waals surface area (Å²) in [6, 6.07) is 5.35. The van der Waals surface area contributed by atoms with Gasteiger partial charge in [-0.3, -0.25) is 4.79 Å². The van der Waals surface area contributed by atoms with Crippen LogP contribution < -0.4 is 10.3 Å². The van der Waals surface area contributed by atoms with E-state index in [-0.39, 0.29) is 16.7 Å². The first-order valence-corrected chi connectivity index (χ1v) is 8.72. The lowest BCUT2D eigenvalue weighted by Gasteiger charge is -2.13. The molecule has 0 radical (unpaired) electrons. The lowest BCUT2D eigenvalue weighted by Crippen LogP contribution is -2.12. The highest BCUT2D eigenvalue weighted by atomic mass is 79.9. The highest BCUT2D eigenvalue weighted by Gasteiger charge is 2.14. The number of H-pyrrole nitrogens is 1. The van der Waals surface area contributed by atoms with Crippen molar-refractivity contribution in [1.82, 2.24) is 9.97 Å².